The van der Waals surface area contributed by atoms with Crippen molar-refractivity contribution in [2.45, 2.75) is 38.3 Å². The molecule has 1 fully saturated rings. The smallest absolute Gasteiger partial charge is 0.303 e. The Balaban J connectivity index is 1.84. The molecule has 31 heavy (non-hydrogen) atoms. The van der Waals surface area contributed by atoms with Crippen LogP contribution in [0.2, 0.25) is 0 Å². The van der Waals surface area contributed by atoms with Gasteiger partial charge in [-0.2, -0.15) is 0 Å². The number of rotatable bonds is 8. The molecule has 1 aliphatic rings. The Morgan fingerprint density at radius 2 is 1.84 bits per heavy atom. The summed E-state index contributed by atoms with van der Waals surface area (Å²) in [6.45, 7) is -0.0402. The Labute approximate surface area is 177 Å². The number of allylic oxidation sites excluding steroid dienone is 2. The first-order chi connectivity index (χ1) is 14.9. The van der Waals surface area contributed by atoms with Crippen molar-refractivity contribution in [2.24, 2.45) is 5.92 Å². The summed E-state index contributed by atoms with van der Waals surface area (Å²) in [5, 5.41) is 18.5. The number of ether oxygens (including phenoxy) is 2. The van der Waals surface area contributed by atoms with Crippen molar-refractivity contribution in [3.63, 3.8) is 0 Å². The molecule has 166 valence electrons. The molecule has 0 unspecified atom stereocenters. The van der Waals surface area contributed by atoms with E-state index in [4.69, 9.17) is 14.6 Å². The highest BCUT2D eigenvalue weighted by molar-refractivity contribution is 5.66. The van der Waals surface area contributed by atoms with Gasteiger partial charge in [-0.15, -0.1) is 0 Å². The van der Waals surface area contributed by atoms with Crippen LogP contribution < -0.4 is 0 Å². The summed E-state index contributed by atoms with van der Waals surface area (Å²) >= 11 is 0. The fourth-order valence-electron chi connectivity index (χ4n) is 3.54. The first kappa shape index (κ1) is 23.0. The lowest BCUT2D eigenvalue weighted by atomic mass is 9.89. The van der Waals surface area contributed by atoms with E-state index in [0.29, 0.717) is 24.0 Å². The molecule has 5 nitrogen and oxygen atoms in total. The zero-order valence-electron chi connectivity index (χ0n) is 16.6. The molecule has 3 atom stereocenters. The maximum atomic E-state index is 13.7. The third-order valence-electron chi connectivity index (χ3n) is 5.10. The highest BCUT2D eigenvalue weighted by atomic mass is 19.2. The zero-order chi connectivity index (χ0) is 22.4. The summed E-state index contributed by atoms with van der Waals surface area (Å²) in [4.78, 5) is 10.6. The normalized spacial score (nSPS) is 21.5. The number of aliphatic carboxylic acids is 1. The Bertz CT molecular complexity index is 924. The SMILES string of the molecule is O=C(O)CCC=CC[C@@H]1CO[C@H](c2cc(F)c(F)c(F)c2)O[C@@H]1c1ccccc1CO. The summed E-state index contributed by atoms with van der Waals surface area (Å²) in [7, 11) is 0. The van der Waals surface area contributed by atoms with E-state index >= 15 is 0 Å². The molecule has 2 aromatic carbocycles. The number of hydrogen-bond acceptors (Lipinski definition) is 4. The average Bonchev–Trinajstić information content (AvgIpc) is 2.76. The van der Waals surface area contributed by atoms with Gasteiger partial charge in [-0.3, -0.25) is 4.79 Å². The predicted molar refractivity (Wildman–Crippen MR) is 105 cm³/mol. The number of carboxylic acids is 1. The lowest BCUT2D eigenvalue weighted by molar-refractivity contribution is -0.244. The molecule has 1 saturated heterocycles. The Kier molecular flexibility index (Phi) is 7.84. The van der Waals surface area contributed by atoms with E-state index in [1.807, 2.05) is 6.08 Å². The number of benzene rings is 2. The minimum atomic E-state index is -1.56. The first-order valence-electron chi connectivity index (χ1n) is 9.87. The van der Waals surface area contributed by atoms with Crippen LogP contribution in [0.25, 0.3) is 0 Å². The molecule has 0 saturated carbocycles. The van der Waals surface area contributed by atoms with Crippen molar-refractivity contribution in [3.05, 3.63) is 82.7 Å². The molecular formula is C23H23F3O5. The Morgan fingerprint density at radius 3 is 2.52 bits per heavy atom. The average molecular weight is 436 g/mol. The molecule has 0 spiro atoms. The molecule has 0 amide bonds. The van der Waals surface area contributed by atoms with Crippen molar-refractivity contribution < 1.29 is 37.7 Å². The largest absolute Gasteiger partial charge is 0.481 e. The van der Waals surface area contributed by atoms with Gasteiger partial charge >= 0.3 is 5.97 Å². The molecule has 0 radical (unpaired) electrons. The number of halogens is 3. The standard InChI is InChI=1S/C23H23F3O5/c24-18-10-16(11-19(25)21(18)26)23-30-13-15(7-2-1-3-9-20(28)29)22(31-23)17-8-5-4-6-14(17)12-27/h1-2,4-6,8,10-11,15,22-23,27H,3,7,9,12-13H2,(H,28,29)/t15-,22+,23+/m1/s1. The molecule has 2 N–H and O–H groups in total. The number of carboxylic acid groups (broad SMARTS) is 1. The van der Waals surface area contributed by atoms with Gasteiger partial charge in [0.25, 0.3) is 0 Å². The van der Waals surface area contributed by atoms with E-state index in [1.165, 1.54) is 0 Å². The second-order valence-corrected chi connectivity index (χ2v) is 7.28. The van der Waals surface area contributed by atoms with Crippen molar-refractivity contribution in [1.82, 2.24) is 0 Å². The second kappa shape index (κ2) is 10.6. The van der Waals surface area contributed by atoms with Gasteiger partial charge < -0.3 is 19.7 Å². The molecule has 2 aromatic rings. The fraction of sp³-hybridized carbons (Fsp3) is 0.348. The third-order valence-corrected chi connectivity index (χ3v) is 5.10. The van der Waals surface area contributed by atoms with Gasteiger partial charge in [0.05, 0.1) is 19.3 Å². The van der Waals surface area contributed by atoms with Gasteiger partial charge in [0, 0.05) is 17.9 Å². The molecule has 8 heteroatoms. The summed E-state index contributed by atoms with van der Waals surface area (Å²) in [6.07, 6.45) is 2.83. The van der Waals surface area contributed by atoms with Gasteiger partial charge in [-0.05, 0) is 36.1 Å². The fourth-order valence-corrected chi connectivity index (χ4v) is 3.54. The van der Waals surface area contributed by atoms with Crippen LogP contribution in [0.1, 0.15) is 48.3 Å². The van der Waals surface area contributed by atoms with Crippen LogP contribution >= 0.6 is 0 Å². The van der Waals surface area contributed by atoms with Crippen LogP contribution in [0.15, 0.2) is 48.6 Å². The van der Waals surface area contributed by atoms with Crippen molar-refractivity contribution in [3.8, 4) is 0 Å². The minimum absolute atomic E-state index is 0.0123. The maximum absolute atomic E-state index is 13.7. The number of aliphatic hydroxyl groups is 1. The van der Waals surface area contributed by atoms with Crippen LogP contribution in [0.3, 0.4) is 0 Å². The number of hydrogen-bond donors (Lipinski definition) is 2. The summed E-state index contributed by atoms with van der Waals surface area (Å²) in [5.74, 6) is -5.31. The Morgan fingerprint density at radius 1 is 1.13 bits per heavy atom. The highest BCUT2D eigenvalue weighted by Gasteiger charge is 2.35. The third kappa shape index (κ3) is 5.72. The highest BCUT2D eigenvalue weighted by Crippen LogP contribution is 2.41. The molecule has 3 rings (SSSR count). The molecule has 0 aliphatic carbocycles. The second-order valence-electron chi connectivity index (χ2n) is 7.28. The van der Waals surface area contributed by atoms with Crippen LogP contribution in [-0.2, 0) is 20.9 Å². The molecular weight excluding hydrogens is 413 g/mol. The summed E-state index contributed by atoms with van der Waals surface area (Å²) < 4.78 is 52.4. The summed E-state index contributed by atoms with van der Waals surface area (Å²) in [5.41, 5.74) is 1.37. The van der Waals surface area contributed by atoms with Gasteiger partial charge in [-0.25, -0.2) is 13.2 Å². The van der Waals surface area contributed by atoms with Crippen molar-refractivity contribution in [1.29, 1.82) is 0 Å². The van der Waals surface area contributed by atoms with Crippen LogP contribution in [0, 0.1) is 23.4 Å². The topological polar surface area (TPSA) is 76.0 Å². The predicted octanol–water partition coefficient (Wildman–Crippen LogP) is 4.81. The van der Waals surface area contributed by atoms with Crippen LogP contribution in [0.4, 0.5) is 13.2 Å². The zero-order valence-corrected chi connectivity index (χ0v) is 16.6. The quantitative estimate of drug-likeness (QED) is 0.459. The van der Waals surface area contributed by atoms with E-state index in [2.05, 4.69) is 0 Å². The van der Waals surface area contributed by atoms with Crippen LogP contribution in [-0.4, -0.2) is 22.8 Å². The number of aliphatic hydroxyl groups excluding tert-OH is 1. The van der Waals surface area contributed by atoms with Gasteiger partial charge in [-0.1, -0.05) is 36.4 Å². The monoisotopic (exact) mass is 436 g/mol. The van der Waals surface area contributed by atoms with E-state index in [-0.39, 0.29) is 31.1 Å². The molecule has 1 heterocycles. The van der Waals surface area contributed by atoms with Crippen molar-refractivity contribution >= 4 is 5.97 Å². The van der Waals surface area contributed by atoms with E-state index in [1.54, 1.807) is 30.3 Å². The van der Waals surface area contributed by atoms with Crippen molar-refractivity contribution in [2.75, 3.05) is 6.61 Å². The lowest BCUT2D eigenvalue weighted by Crippen LogP contribution is -2.31. The maximum Gasteiger partial charge on any atom is 0.303 e. The first-order valence-corrected chi connectivity index (χ1v) is 9.87. The van der Waals surface area contributed by atoms with Gasteiger partial charge in [0.2, 0.25) is 0 Å². The molecule has 1 aliphatic heterocycles. The van der Waals surface area contributed by atoms with E-state index < -0.39 is 35.8 Å². The molecule has 0 bridgehead atoms. The summed E-state index contributed by atoms with van der Waals surface area (Å²) in [6, 6.07) is 8.79. The van der Waals surface area contributed by atoms with Gasteiger partial charge in [0.1, 0.15) is 0 Å². The Hall–Kier alpha value is -2.68. The lowest BCUT2D eigenvalue weighted by Gasteiger charge is -2.37. The van der Waals surface area contributed by atoms with E-state index in [0.717, 1.165) is 12.1 Å². The van der Waals surface area contributed by atoms with E-state index in [9.17, 15) is 23.1 Å². The number of carbonyl (C=O) groups is 1. The van der Waals surface area contributed by atoms with Crippen LogP contribution in [0.5, 0.6) is 0 Å². The molecule has 0 aromatic heterocycles. The van der Waals surface area contributed by atoms with Gasteiger partial charge in [0.15, 0.2) is 23.7 Å². The minimum Gasteiger partial charge on any atom is -0.481 e.